The lowest BCUT2D eigenvalue weighted by molar-refractivity contribution is 0.0343. The highest BCUT2D eigenvalue weighted by Gasteiger charge is 2.33. The minimum atomic E-state index is -0.250. The Labute approximate surface area is 143 Å². The first-order valence-electron chi connectivity index (χ1n) is 8.44. The summed E-state index contributed by atoms with van der Waals surface area (Å²) in [5.74, 6) is 0. The van der Waals surface area contributed by atoms with Crippen LogP contribution in [-0.2, 0) is 9.31 Å². The summed E-state index contributed by atoms with van der Waals surface area (Å²) in [7, 11) is -0.250. The zero-order valence-electron chi connectivity index (χ0n) is 14.2. The second-order valence-electron chi connectivity index (χ2n) is 7.27. The molecule has 24 heavy (non-hydrogen) atoms. The smallest absolute Gasteiger partial charge is 0.407 e. The molecule has 0 radical (unpaired) electrons. The van der Waals surface area contributed by atoms with Crippen molar-refractivity contribution in [2.24, 2.45) is 5.41 Å². The number of hydrogen-bond acceptors (Lipinski definition) is 2. The molecule has 0 amide bonds. The van der Waals surface area contributed by atoms with Gasteiger partial charge in [-0.25, -0.2) is 0 Å². The van der Waals surface area contributed by atoms with E-state index in [1.165, 1.54) is 21.9 Å². The monoisotopic (exact) mass is 316 g/mol. The SMILES string of the molecule is CC1(C)COB(c2ccc(-c3cccc4ccccc34)cc2)OC1. The third-order valence-corrected chi connectivity index (χ3v) is 4.53. The summed E-state index contributed by atoms with van der Waals surface area (Å²) in [6.45, 7) is 5.77. The van der Waals surface area contributed by atoms with E-state index in [2.05, 4.69) is 80.6 Å². The van der Waals surface area contributed by atoms with Gasteiger partial charge in [0.25, 0.3) is 0 Å². The minimum Gasteiger partial charge on any atom is -0.407 e. The highest BCUT2D eigenvalue weighted by atomic mass is 16.6. The van der Waals surface area contributed by atoms with Crippen LogP contribution in [-0.4, -0.2) is 20.3 Å². The third-order valence-electron chi connectivity index (χ3n) is 4.53. The van der Waals surface area contributed by atoms with E-state index in [1.54, 1.807) is 0 Å². The Bertz CT molecular complexity index is 840. The molecule has 1 aliphatic heterocycles. The maximum atomic E-state index is 5.87. The van der Waals surface area contributed by atoms with Crippen LogP contribution >= 0.6 is 0 Å². The summed E-state index contributed by atoms with van der Waals surface area (Å²) < 4.78 is 11.7. The average molecular weight is 316 g/mol. The first-order chi connectivity index (χ1) is 11.6. The Balaban J connectivity index is 1.62. The van der Waals surface area contributed by atoms with Gasteiger partial charge in [0.05, 0.1) is 0 Å². The zero-order valence-corrected chi connectivity index (χ0v) is 14.2. The van der Waals surface area contributed by atoms with Gasteiger partial charge >= 0.3 is 7.12 Å². The highest BCUT2D eigenvalue weighted by Crippen LogP contribution is 2.28. The standard InChI is InChI=1S/C21H21BO2/c1-21(2)14-23-22(24-15-21)18-12-10-17(11-13-18)20-9-5-7-16-6-3-4-8-19(16)20/h3-13H,14-15H2,1-2H3. The van der Waals surface area contributed by atoms with Gasteiger partial charge in [-0.15, -0.1) is 0 Å². The average Bonchev–Trinajstić information content (AvgIpc) is 2.61. The molecule has 4 rings (SSSR count). The maximum Gasteiger partial charge on any atom is 0.493 e. The van der Waals surface area contributed by atoms with E-state index in [4.69, 9.17) is 9.31 Å². The quantitative estimate of drug-likeness (QED) is 0.657. The number of fused-ring (bicyclic) bond motifs is 1. The molecule has 0 aromatic heterocycles. The molecular formula is C21H21BO2. The van der Waals surface area contributed by atoms with Crippen LogP contribution in [0.4, 0.5) is 0 Å². The van der Waals surface area contributed by atoms with Crippen LogP contribution in [0.1, 0.15) is 13.8 Å². The van der Waals surface area contributed by atoms with Crippen molar-refractivity contribution >= 4 is 23.4 Å². The van der Waals surface area contributed by atoms with E-state index in [1.807, 2.05) is 0 Å². The summed E-state index contributed by atoms with van der Waals surface area (Å²) in [5.41, 5.74) is 3.65. The van der Waals surface area contributed by atoms with Gasteiger partial charge < -0.3 is 9.31 Å². The molecule has 1 aliphatic rings. The van der Waals surface area contributed by atoms with E-state index in [0.717, 1.165) is 18.7 Å². The van der Waals surface area contributed by atoms with Gasteiger partial charge in [-0.1, -0.05) is 80.6 Å². The molecule has 0 aliphatic carbocycles. The fraction of sp³-hybridized carbons (Fsp3) is 0.238. The molecule has 2 nitrogen and oxygen atoms in total. The highest BCUT2D eigenvalue weighted by molar-refractivity contribution is 6.61. The predicted octanol–water partition coefficient (Wildman–Crippen LogP) is 4.28. The lowest BCUT2D eigenvalue weighted by atomic mass is 9.75. The van der Waals surface area contributed by atoms with E-state index in [-0.39, 0.29) is 12.5 Å². The Hall–Kier alpha value is -2.10. The van der Waals surface area contributed by atoms with Crippen LogP contribution < -0.4 is 5.46 Å². The second kappa shape index (κ2) is 6.08. The van der Waals surface area contributed by atoms with Crippen molar-refractivity contribution in [2.45, 2.75) is 13.8 Å². The summed E-state index contributed by atoms with van der Waals surface area (Å²) in [6.07, 6.45) is 0. The van der Waals surface area contributed by atoms with Crippen molar-refractivity contribution in [3.05, 3.63) is 66.7 Å². The van der Waals surface area contributed by atoms with Crippen molar-refractivity contribution in [1.29, 1.82) is 0 Å². The molecule has 0 spiro atoms. The number of benzene rings is 3. The Morgan fingerprint density at radius 3 is 2.21 bits per heavy atom. The fourth-order valence-electron chi connectivity index (χ4n) is 3.18. The van der Waals surface area contributed by atoms with Crippen LogP contribution in [0.15, 0.2) is 66.7 Å². The van der Waals surface area contributed by atoms with Gasteiger partial charge in [0.2, 0.25) is 0 Å². The Morgan fingerprint density at radius 2 is 1.46 bits per heavy atom. The topological polar surface area (TPSA) is 18.5 Å². The molecule has 3 heteroatoms. The number of rotatable bonds is 2. The normalized spacial score (nSPS) is 17.2. The molecule has 0 bridgehead atoms. The summed E-state index contributed by atoms with van der Waals surface area (Å²) >= 11 is 0. The van der Waals surface area contributed by atoms with Gasteiger partial charge in [0.1, 0.15) is 0 Å². The Kier molecular flexibility index (Phi) is 3.91. The van der Waals surface area contributed by atoms with Crippen molar-refractivity contribution in [3.8, 4) is 11.1 Å². The van der Waals surface area contributed by atoms with Gasteiger partial charge in [-0.3, -0.25) is 0 Å². The predicted molar refractivity (Wildman–Crippen MR) is 100 cm³/mol. The lowest BCUT2D eigenvalue weighted by Crippen LogP contribution is -2.47. The van der Waals surface area contributed by atoms with Crippen molar-refractivity contribution in [2.75, 3.05) is 13.2 Å². The molecule has 3 aromatic rings. The van der Waals surface area contributed by atoms with E-state index in [9.17, 15) is 0 Å². The summed E-state index contributed by atoms with van der Waals surface area (Å²) in [4.78, 5) is 0. The summed E-state index contributed by atoms with van der Waals surface area (Å²) in [5, 5.41) is 2.54. The first-order valence-corrected chi connectivity index (χ1v) is 8.44. The van der Waals surface area contributed by atoms with Crippen LogP contribution in [0.3, 0.4) is 0 Å². The van der Waals surface area contributed by atoms with Gasteiger partial charge in [0, 0.05) is 18.6 Å². The largest absolute Gasteiger partial charge is 0.493 e. The molecule has 0 saturated carbocycles. The van der Waals surface area contributed by atoms with Crippen LogP contribution in [0.2, 0.25) is 0 Å². The maximum absolute atomic E-state index is 5.87. The molecule has 0 atom stereocenters. The zero-order chi connectivity index (χ0) is 16.6. The van der Waals surface area contributed by atoms with Crippen molar-refractivity contribution < 1.29 is 9.31 Å². The van der Waals surface area contributed by atoms with Crippen molar-refractivity contribution in [3.63, 3.8) is 0 Å². The fourth-order valence-corrected chi connectivity index (χ4v) is 3.18. The van der Waals surface area contributed by atoms with E-state index in [0.29, 0.717) is 0 Å². The molecule has 0 N–H and O–H groups in total. The molecule has 0 unspecified atom stereocenters. The van der Waals surface area contributed by atoms with Gasteiger partial charge in [-0.2, -0.15) is 0 Å². The molecule has 1 fully saturated rings. The van der Waals surface area contributed by atoms with Crippen LogP contribution in [0.5, 0.6) is 0 Å². The number of hydrogen-bond donors (Lipinski definition) is 0. The molecule has 1 heterocycles. The third kappa shape index (κ3) is 2.97. The van der Waals surface area contributed by atoms with Crippen LogP contribution in [0.25, 0.3) is 21.9 Å². The molecular weight excluding hydrogens is 295 g/mol. The molecule has 120 valence electrons. The second-order valence-corrected chi connectivity index (χ2v) is 7.27. The van der Waals surface area contributed by atoms with Gasteiger partial charge in [-0.05, 0) is 27.4 Å². The van der Waals surface area contributed by atoms with Crippen molar-refractivity contribution in [1.82, 2.24) is 0 Å². The van der Waals surface area contributed by atoms with Crippen LogP contribution in [0, 0.1) is 5.41 Å². The first kappa shape index (κ1) is 15.4. The van der Waals surface area contributed by atoms with E-state index >= 15 is 0 Å². The minimum absolute atomic E-state index is 0.0966. The lowest BCUT2D eigenvalue weighted by Gasteiger charge is -2.33. The summed E-state index contributed by atoms with van der Waals surface area (Å²) in [6, 6.07) is 23.5. The van der Waals surface area contributed by atoms with E-state index < -0.39 is 0 Å². The van der Waals surface area contributed by atoms with Gasteiger partial charge in [0.15, 0.2) is 0 Å². The Morgan fingerprint density at radius 1 is 0.792 bits per heavy atom. The molecule has 1 saturated heterocycles. The molecule has 3 aromatic carbocycles.